The van der Waals surface area contributed by atoms with Crippen molar-refractivity contribution in [1.29, 1.82) is 0 Å². The van der Waals surface area contributed by atoms with E-state index in [2.05, 4.69) is 13.8 Å². The molecule has 0 bridgehead atoms. The molecule has 0 heterocycles. The molecule has 0 aliphatic heterocycles. The van der Waals surface area contributed by atoms with Crippen molar-refractivity contribution >= 4 is 5.97 Å². The molecular weight excluding hydrogens is 166 g/mol. The Labute approximate surface area is 79.6 Å². The van der Waals surface area contributed by atoms with Gasteiger partial charge in [0.1, 0.15) is 5.54 Å². The van der Waals surface area contributed by atoms with E-state index in [0.717, 1.165) is 25.7 Å². The first-order valence-corrected chi connectivity index (χ1v) is 4.77. The second kappa shape index (κ2) is 3.29. The molecule has 1 fully saturated rings. The minimum absolute atomic E-state index is 0.168. The molecule has 1 aliphatic rings. The van der Waals surface area contributed by atoms with Gasteiger partial charge in [-0.2, -0.15) is 0 Å². The van der Waals surface area contributed by atoms with Crippen LogP contribution in [-0.2, 0) is 9.53 Å². The summed E-state index contributed by atoms with van der Waals surface area (Å²) in [5, 5.41) is 0. The van der Waals surface area contributed by atoms with E-state index >= 15 is 0 Å². The molecule has 0 aromatic rings. The van der Waals surface area contributed by atoms with Gasteiger partial charge in [0.2, 0.25) is 0 Å². The Hall–Kier alpha value is -0.570. The van der Waals surface area contributed by atoms with Gasteiger partial charge in [-0.3, -0.25) is 4.79 Å². The number of methoxy groups -OCH3 is 1. The summed E-state index contributed by atoms with van der Waals surface area (Å²) in [7, 11) is 1.40. The molecule has 0 aromatic carbocycles. The lowest BCUT2D eigenvalue weighted by Gasteiger charge is -2.40. The van der Waals surface area contributed by atoms with E-state index in [9.17, 15) is 4.79 Å². The molecule has 13 heavy (non-hydrogen) atoms. The smallest absolute Gasteiger partial charge is 0.325 e. The minimum atomic E-state index is -0.740. The van der Waals surface area contributed by atoms with Crippen molar-refractivity contribution in [2.75, 3.05) is 7.11 Å². The summed E-state index contributed by atoms with van der Waals surface area (Å²) < 4.78 is 4.72. The van der Waals surface area contributed by atoms with E-state index in [1.54, 1.807) is 0 Å². The first kappa shape index (κ1) is 10.5. The third-order valence-corrected chi connectivity index (χ3v) is 2.86. The molecule has 2 N–H and O–H groups in total. The molecule has 1 rings (SSSR count). The van der Waals surface area contributed by atoms with Gasteiger partial charge in [0.25, 0.3) is 0 Å². The molecule has 0 radical (unpaired) electrons. The fourth-order valence-electron chi connectivity index (χ4n) is 2.29. The summed E-state index contributed by atoms with van der Waals surface area (Å²) in [6, 6.07) is 0. The summed E-state index contributed by atoms with van der Waals surface area (Å²) in [6.07, 6.45) is 3.64. The normalized spacial score (nSPS) is 32.6. The predicted molar refractivity (Wildman–Crippen MR) is 51.2 cm³/mol. The lowest BCUT2D eigenvalue weighted by Crippen LogP contribution is -2.53. The third kappa shape index (κ3) is 2.21. The summed E-state index contributed by atoms with van der Waals surface area (Å²) in [5.74, 6) is -0.264. The molecule has 1 saturated carbocycles. The Balaban J connectivity index is 2.74. The van der Waals surface area contributed by atoms with Gasteiger partial charge < -0.3 is 10.5 Å². The number of esters is 1. The van der Waals surface area contributed by atoms with Crippen molar-refractivity contribution in [3.8, 4) is 0 Å². The maximum absolute atomic E-state index is 11.4. The maximum Gasteiger partial charge on any atom is 0.325 e. The fraction of sp³-hybridized carbons (Fsp3) is 0.900. The van der Waals surface area contributed by atoms with E-state index in [4.69, 9.17) is 10.5 Å². The summed E-state index contributed by atoms with van der Waals surface area (Å²) in [6.45, 7) is 4.30. The van der Waals surface area contributed by atoms with Gasteiger partial charge in [-0.1, -0.05) is 20.3 Å². The molecular formula is C10H19NO2. The van der Waals surface area contributed by atoms with Crippen LogP contribution in [0.15, 0.2) is 0 Å². The van der Waals surface area contributed by atoms with E-state index in [0.29, 0.717) is 0 Å². The topological polar surface area (TPSA) is 52.3 Å². The lowest BCUT2D eigenvalue weighted by atomic mass is 9.68. The van der Waals surface area contributed by atoms with Gasteiger partial charge in [-0.05, 0) is 24.7 Å². The number of carbonyl (C=O) groups excluding carboxylic acids is 1. The maximum atomic E-state index is 11.4. The number of hydrogen-bond donors (Lipinski definition) is 1. The highest BCUT2D eigenvalue weighted by Gasteiger charge is 2.43. The Morgan fingerprint density at radius 3 is 2.46 bits per heavy atom. The van der Waals surface area contributed by atoms with Crippen molar-refractivity contribution in [3.05, 3.63) is 0 Å². The van der Waals surface area contributed by atoms with Crippen LogP contribution in [0.4, 0.5) is 0 Å². The van der Waals surface area contributed by atoms with Gasteiger partial charge in [0, 0.05) is 0 Å². The Bertz CT molecular complexity index is 213. The zero-order valence-electron chi connectivity index (χ0n) is 8.72. The first-order valence-electron chi connectivity index (χ1n) is 4.77. The zero-order chi connectivity index (χ0) is 10.1. The highest BCUT2D eigenvalue weighted by Crippen LogP contribution is 2.40. The van der Waals surface area contributed by atoms with Gasteiger partial charge in [0.05, 0.1) is 7.11 Å². The largest absolute Gasteiger partial charge is 0.468 e. The third-order valence-electron chi connectivity index (χ3n) is 2.86. The molecule has 0 amide bonds. The zero-order valence-corrected chi connectivity index (χ0v) is 8.72. The summed E-state index contributed by atoms with van der Waals surface area (Å²) in [5.41, 5.74) is 5.44. The Kier molecular flexibility index (Phi) is 2.66. The van der Waals surface area contributed by atoms with Crippen LogP contribution in [0.1, 0.15) is 39.5 Å². The average Bonchev–Trinajstić information content (AvgIpc) is 2.00. The van der Waals surface area contributed by atoms with Gasteiger partial charge in [-0.15, -0.1) is 0 Å². The van der Waals surface area contributed by atoms with Crippen molar-refractivity contribution in [2.24, 2.45) is 11.1 Å². The SMILES string of the molecule is COC(=O)[C@@]1(N)CCCC(C)(C)C1. The van der Waals surface area contributed by atoms with Crippen molar-refractivity contribution in [3.63, 3.8) is 0 Å². The highest BCUT2D eigenvalue weighted by atomic mass is 16.5. The van der Waals surface area contributed by atoms with Crippen LogP contribution in [0.5, 0.6) is 0 Å². The molecule has 3 heteroatoms. The fourth-order valence-corrected chi connectivity index (χ4v) is 2.29. The van der Waals surface area contributed by atoms with Crippen LogP contribution in [0.3, 0.4) is 0 Å². The number of nitrogens with two attached hydrogens (primary N) is 1. The Morgan fingerprint density at radius 1 is 1.38 bits per heavy atom. The lowest BCUT2D eigenvalue weighted by molar-refractivity contribution is -0.150. The van der Waals surface area contributed by atoms with Crippen LogP contribution in [0.25, 0.3) is 0 Å². The van der Waals surface area contributed by atoms with E-state index < -0.39 is 5.54 Å². The van der Waals surface area contributed by atoms with Crippen molar-refractivity contribution in [2.45, 2.75) is 45.1 Å². The molecule has 0 spiro atoms. The Morgan fingerprint density at radius 2 is 2.00 bits per heavy atom. The average molecular weight is 185 g/mol. The highest BCUT2D eigenvalue weighted by molar-refractivity contribution is 5.80. The first-order chi connectivity index (χ1) is 5.90. The quantitative estimate of drug-likeness (QED) is 0.629. The predicted octanol–water partition coefficient (Wildman–Crippen LogP) is 1.46. The van der Waals surface area contributed by atoms with Crippen LogP contribution < -0.4 is 5.73 Å². The second-order valence-corrected chi connectivity index (χ2v) is 4.84. The minimum Gasteiger partial charge on any atom is -0.468 e. The number of hydrogen-bond acceptors (Lipinski definition) is 3. The van der Waals surface area contributed by atoms with Gasteiger partial charge in [0.15, 0.2) is 0 Å². The molecule has 0 unspecified atom stereocenters. The molecule has 1 aliphatic carbocycles. The van der Waals surface area contributed by atoms with Crippen LogP contribution in [0, 0.1) is 5.41 Å². The number of ether oxygens (including phenoxy) is 1. The summed E-state index contributed by atoms with van der Waals surface area (Å²) in [4.78, 5) is 11.4. The summed E-state index contributed by atoms with van der Waals surface area (Å²) >= 11 is 0. The molecule has 1 atom stereocenters. The van der Waals surface area contributed by atoms with Crippen molar-refractivity contribution in [1.82, 2.24) is 0 Å². The standard InChI is InChI=1S/C10H19NO2/c1-9(2)5-4-6-10(11,7-9)8(12)13-3/h4-7,11H2,1-3H3/t10-/m1/s1. The second-order valence-electron chi connectivity index (χ2n) is 4.84. The molecule has 0 aromatic heterocycles. The van der Waals surface area contributed by atoms with E-state index in [1.807, 2.05) is 0 Å². The van der Waals surface area contributed by atoms with E-state index in [1.165, 1.54) is 7.11 Å². The van der Waals surface area contributed by atoms with Crippen LogP contribution in [-0.4, -0.2) is 18.6 Å². The number of rotatable bonds is 1. The molecule has 3 nitrogen and oxygen atoms in total. The van der Waals surface area contributed by atoms with Crippen molar-refractivity contribution < 1.29 is 9.53 Å². The molecule has 0 saturated heterocycles. The van der Waals surface area contributed by atoms with Crippen LogP contribution >= 0.6 is 0 Å². The van der Waals surface area contributed by atoms with E-state index in [-0.39, 0.29) is 11.4 Å². The van der Waals surface area contributed by atoms with Gasteiger partial charge >= 0.3 is 5.97 Å². The molecule has 76 valence electrons. The number of carbonyl (C=O) groups is 1. The van der Waals surface area contributed by atoms with Crippen LogP contribution in [0.2, 0.25) is 0 Å². The monoisotopic (exact) mass is 185 g/mol. The van der Waals surface area contributed by atoms with Gasteiger partial charge in [-0.25, -0.2) is 0 Å².